The lowest BCUT2D eigenvalue weighted by atomic mass is 10.2. The van der Waals surface area contributed by atoms with Gasteiger partial charge < -0.3 is 20.1 Å². The first-order valence-corrected chi connectivity index (χ1v) is 6.94. The SMILES string of the molecule is Cc1cc(NC(=O)Nc2ccc3c(c2)OC(F)(F)O3)ccc1Cl. The van der Waals surface area contributed by atoms with Gasteiger partial charge in [0.1, 0.15) is 0 Å². The van der Waals surface area contributed by atoms with E-state index in [4.69, 9.17) is 11.6 Å². The summed E-state index contributed by atoms with van der Waals surface area (Å²) in [5.74, 6) is -0.232. The van der Waals surface area contributed by atoms with Crippen molar-refractivity contribution in [2.24, 2.45) is 0 Å². The third-order valence-corrected chi connectivity index (χ3v) is 3.50. The molecular weight excluding hydrogens is 330 g/mol. The maximum Gasteiger partial charge on any atom is 0.586 e. The lowest BCUT2D eigenvalue weighted by Crippen LogP contribution is -2.25. The van der Waals surface area contributed by atoms with Crippen LogP contribution in [0.15, 0.2) is 36.4 Å². The van der Waals surface area contributed by atoms with Crippen molar-refractivity contribution in [3.8, 4) is 11.5 Å². The van der Waals surface area contributed by atoms with Crippen molar-refractivity contribution < 1.29 is 23.0 Å². The smallest absolute Gasteiger partial charge is 0.395 e. The van der Waals surface area contributed by atoms with Gasteiger partial charge in [0, 0.05) is 22.5 Å². The Morgan fingerprint density at radius 3 is 2.35 bits per heavy atom. The van der Waals surface area contributed by atoms with Gasteiger partial charge in [-0.25, -0.2) is 4.79 Å². The molecule has 2 amide bonds. The molecule has 2 aromatic carbocycles. The first kappa shape index (κ1) is 15.4. The van der Waals surface area contributed by atoms with Gasteiger partial charge in [0.25, 0.3) is 0 Å². The highest BCUT2D eigenvalue weighted by Crippen LogP contribution is 2.42. The lowest BCUT2D eigenvalue weighted by Gasteiger charge is -2.09. The van der Waals surface area contributed by atoms with E-state index in [1.807, 2.05) is 6.92 Å². The van der Waals surface area contributed by atoms with Gasteiger partial charge in [0.15, 0.2) is 11.5 Å². The van der Waals surface area contributed by atoms with Crippen LogP contribution in [-0.4, -0.2) is 12.3 Å². The van der Waals surface area contributed by atoms with Crippen molar-refractivity contribution in [2.45, 2.75) is 13.2 Å². The number of fused-ring (bicyclic) bond motifs is 1. The standard InChI is InChI=1S/C15H11ClF2N2O3/c1-8-6-9(2-4-11(8)16)19-14(21)20-10-3-5-12-13(7-10)23-15(17,18)22-12/h2-7H,1H3,(H2,19,20,21). The number of rotatable bonds is 2. The van der Waals surface area contributed by atoms with E-state index in [1.54, 1.807) is 18.2 Å². The van der Waals surface area contributed by atoms with Gasteiger partial charge >= 0.3 is 12.3 Å². The largest absolute Gasteiger partial charge is 0.586 e. The van der Waals surface area contributed by atoms with Gasteiger partial charge in [-0.05, 0) is 42.8 Å². The summed E-state index contributed by atoms with van der Waals surface area (Å²) in [6.07, 6.45) is -3.69. The highest BCUT2D eigenvalue weighted by molar-refractivity contribution is 6.31. The van der Waals surface area contributed by atoms with Crippen LogP contribution >= 0.6 is 11.6 Å². The molecule has 1 aliphatic rings. The predicted octanol–water partition coefficient (Wildman–Crippen LogP) is 4.61. The van der Waals surface area contributed by atoms with Crippen molar-refractivity contribution >= 4 is 29.0 Å². The molecule has 2 aromatic rings. The minimum atomic E-state index is -3.69. The summed E-state index contributed by atoms with van der Waals surface area (Å²) in [5.41, 5.74) is 1.65. The fraction of sp³-hybridized carbons (Fsp3) is 0.133. The average molecular weight is 341 g/mol. The number of carbonyl (C=O) groups excluding carboxylic acids is 1. The van der Waals surface area contributed by atoms with Crippen LogP contribution in [-0.2, 0) is 0 Å². The molecule has 0 bridgehead atoms. The summed E-state index contributed by atoms with van der Waals surface area (Å²) in [6.45, 7) is 1.81. The summed E-state index contributed by atoms with van der Waals surface area (Å²) in [6, 6.07) is 8.46. The predicted molar refractivity (Wildman–Crippen MR) is 81.5 cm³/mol. The molecule has 0 aliphatic carbocycles. The van der Waals surface area contributed by atoms with E-state index in [1.165, 1.54) is 18.2 Å². The molecule has 0 fully saturated rings. The molecule has 0 spiro atoms. The van der Waals surface area contributed by atoms with Crippen molar-refractivity contribution in [1.82, 2.24) is 0 Å². The van der Waals surface area contributed by atoms with Crippen LogP contribution in [0.25, 0.3) is 0 Å². The highest BCUT2D eigenvalue weighted by Gasteiger charge is 2.43. The van der Waals surface area contributed by atoms with Crippen LogP contribution < -0.4 is 20.1 Å². The molecular formula is C15H11ClF2N2O3. The van der Waals surface area contributed by atoms with Crippen LogP contribution in [0.2, 0.25) is 5.02 Å². The number of hydrogen-bond donors (Lipinski definition) is 2. The van der Waals surface area contributed by atoms with Crippen LogP contribution in [0.1, 0.15) is 5.56 Å². The van der Waals surface area contributed by atoms with Crippen LogP contribution in [0.3, 0.4) is 0 Å². The zero-order valence-electron chi connectivity index (χ0n) is 11.8. The maximum absolute atomic E-state index is 12.9. The van der Waals surface area contributed by atoms with Gasteiger partial charge in [-0.15, -0.1) is 8.78 Å². The van der Waals surface area contributed by atoms with Crippen molar-refractivity contribution in [1.29, 1.82) is 0 Å². The Kier molecular flexibility index (Phi) is 3.73. The number of urea groups is 1. The molecule has 2 N–H and O–H groups in total. The fourth-order valence-electron chi connectivity index (χ4n) is 2.04. The van der Waals surface area contributed by atoms with Crippen LogP contribution in [0.5, 0.6) is 11.5 Å². The normalized spacial score (nSPS) is 14.4. The molecule has 3 rings (SSSR count). The number of nitrogens with one attached hydrogen (secondary N) is 2. The third kappa shape index (κ3) is 3.45. The van der Waals surface area contributed by atoms with E-state index in [-0.39, 0.29) is 17.2 Å². The third-order valence-electron chi connectivity index (χ3n) is 3.07. The van der Waals surface area contributed by atoms with Crippen LogP contribution in [0, 0.1) is 6.92 Å². The second kappa shape index (κ2) is 5.58. The number of anilines is 2. The molecule has 0 unspecified atom stereocenters. The van der Waals surface area contributed by atoms with E-state index < -0.39 is 12.3 Å². The number of hydrogen-bond acceptors (Lipinski definition) is 3. The molecule has 120 valence electrons. The van der Waals surface area contributed by atoms with Crippen molar-refractivity contribution in [2.75, 3.05) is 10.6 Å². The molecule has 23 heavy (non-hydrogen) atoms. The lowest BCUT2D eigenvalue weighted by molar-refractivity contribution is -0.286. The number of ether oxygens (including phenoxy) is 2. The minimum absolute atomic E-state index is 0.0886. The second-order valence-corrected chi connectivity index (χ2v) is 5.28. The highest BCUT2D eigenvalue weighted by atomic mass is 35.5. The van der Waals surface area contributed by atoms with Crippen molar-refractivity contribution in [3.05, 3.63) is 47.0 Å². The molecule has 0 radical (unpaired) electrons. The zero-order valence-corrected chi connectivity index (χ0v) is 12.6. The molecule has 1 aliphatic heterocycles. The first-order valence-electron chi connectivity index (χ1n) is 6.56. The number of aryl methyl sites for hydroxylation is 1. The van der Waals surface area contributed by atoms with E-state index in [2.05, 4.69) is 20.1 Å². The summed E-state index contributed by atoms with van der Waals surface area (Å²) in [4.78, 5) is 11.9. The summed E-state index contributed by atoms with van der Waals surface area (Å²) in [5, 5.41) is 5.72. The average Bonchev–Trinajstić information content (AvgIpc) is 2.76. The van der Waals surface area contributed by atoms with Gasteiger partial charge in [0.05, 0.1) is 0 Å². The van der Waals surface area contributed by atoms with Gasteiger partial charge in [-0.3, -0.25) is 0 Å². The Balaban J connectivity index is 1.68. The Morgan fingerprint density at radius 1 is 1.04 bits per heavy atom. The Bertz CT molecular complexity index is 783. The number of alkyl halides is 2. The Labute approximate surface area is 135 Å². The topological polar surface area (TPSA) is 59.6 Å². The maximum atomic E-state index is 12.9. The number of carbonyl (C=O) groups is 1. The Morgan fingerprint density at radius 2 is 1.65 bits per heavy atom. The Hall–Kier alpha value is -2.54. The second-order valence-electron chi connectivity index (χ2n) is 4.87. The minimum Gasteiger partial charge on any atom is -0.395 e. The first-order chi connectivity index (χ1) is 10.8. The molecule has 0 saturated carbocycles. The van der Waals surface area contributed by atoms with E-state index in [9.17, 15) is 13.6 Å². The quantitative estimate of drug-likeness (QED) is 0.839. The van der Waals surface area contributed by atoms with Gasteiger partial charge in [0.2, 0.25) is 0 Å². The number of halogens is 3. The zero-order chi connectivity index (χ0) is 16.6. The number of amides is 2. The van der Waals surface area contributed by atoms with Gasteiger partial charge in [-0.1, -0.05) is 11.6 Å². The molecule has 8 heteroatoms. The summed E-state index contributed by atoms with van der Waals surface area (Å²) < 4.78 is 34.5. The van der Waals surface area contributed by atoms with Crippen molar-refractivity contribution in [3.63, 3.8) is 0 Å². The summed E-state index contributed by atoms with van der Waals surface area (Å²) >= 11 is 5.91. The molecule has 0 atom stereocenters. The van der Waals surface area contributed by atoms with E-state index >= 15 is 0 Å². The molecule has 1 heterocycles. The molecule has 5 nitrogen and oxygen atoms in total. The monoisotopic (exact) mass is 340 g/mol. The number of benzene rings is 2. The van der Waals surface area contributed by atoms with Crippen LogP contribution in [0.4, 0.5) is 25.0 Å². The summed E-state index contributed by atoms with van der Waals surface area (Å²) in [7, 11) is 0. The van der Waals surface area contributed by atoms with E-state index in [0.29, 0.717) is 10.7 Å². The fourth-order valence-corrected chi connectivity index (χ4v) is 2.16. The molecule has 0 saturated heterocycles. The van der Waals surface area contributed by atoms with E-state index in [0.717, 1.165) is 5.56 Å². The molecule has 0 aromatic heterocycles. The van der Waals surface area contributed by atoms with Gasteiger partial charge in [-0.2, -0.15) is 0 Å².